The van der Waals surface area contributed by atoms with Crippen molar-refractivity contribution in [1.29, 1.82) is 0 Å². The summed E-state index contributed by atoms with van der Waals surface area (Å²) < 4.78 is 7.73. The Balaban J connectivity index is 1.75. The number of anilines is 2. The third kappa shape index (κ3) is 2.40. The fourth-order valence-corrected chi connectivity index (χ4v) is 2.11. The van der Waals surface area contributed by atoms with E-state index in [-0.39, 0.29) is 6.10 Å². The van der Waals surface area contributed by atoms with Gasteiger partial charge in [-0.1, -0.05) is 18.2 Å². The first-order chi connectivity index (χ1) is 10.3. The number of rotatable bonds is 4. The second-order valence-corrected chi connectivity index (χ2v) is 5.19. The van der Waals surface area contributed by atoms with Crippen LogP contribution in [-0.2, 0) is 7.05 Å². The average Bonchev–Trinajstić information content (AvgIpc) is 3.23. The van der Waals surface area contributed by atoms with Crippen LogP contribution in [-0.4, -0.2) is 25.6 Å². The van der Waals surface area contributed by atoms with Crippen LogP contribution in [0.4, 0.5) is 11.6 Å². The van der Waals surface area contributed by atoms with Crippen LogP contribution in [0.15, 0.2) is 36.7 Å². The second-order valence-electron chi connectivity index (χ2n) is 5.19. The lowest BCUT2D eigenvalue weighted by Gasteiger charge is -2.08. The molecule has 6 nitrogen and oxygen atoms in total. The summed E-state index contributed by atoms with van der Waals surface area (Å²) in [6, 6.07) is 9.84. The van der Waals surface area contributed by atoms with Gasteiger partial charge in [0.1, 0.15) is 6.10 Å². The summed E-state index contributed by atoms with van der Waals surface area (Å²) >= 11 is 0. The van der Waals surface area contributed by atoms with E-state index in [1.54, 1.807) is 6.33 Å². The number of hydrogen-bond donors (Lipinski definition) is 1. The first-order valence-electron chi connectivity index (χ1n) is 6.97. The molecule has 0 atom stereocenters. The Morgan fingerprint density at radius 3 is 2.76 bits per heavy atom. The number of fused-ring (bicyclic) bond motifs is 1. The summed E-state index contributed by atoms with van der Waals surface area (Å²) in [7, 11) is 1.91. The van der Waals surface area contributed by atoms with E-state index in [0.717, 1.165) is 24.2 Å². The Hall–Kier alpha value is -2.63. The number of hydrogen-bond acceptors (Lipinski definition) is 5. The van der Waals surface area contributed by atoms with Crippen LogP contribution in [0.25, 0.3) is 11.2 Å². The zero-order valence-electron chi connectivity index (χ0n) is 11.7. The zero-order valence-corrected chi connectivity index (χ0v) is 11.7. The van der Waals surface area contributed by atoms with E-state index < -0.39 is 0 Å². The highest BCUT2D eigenvalue weighted by Gasteiger charge is 2.26. The SMILES string of the molecule is Cn1cnc2c(OC3CC3)nc(Nc3ccccc3)nc21. The van der Waals surface area contributed by atoms with E-state index in [0.29, 0.717) is 17.3 Å². The summed E-state index contributed by atoms with van der Waals surface area (Å²) in [4.78, 5) is 13.3. The highest BCUT2D eigenvalue weighted by Crippen LogP contribution is 2.30. The third-order valence-corrected chi connectivity index (χ3v) is 3.36. The van der Waals surface area contributed by atoms with Crippen LogP contribution < -0.4 is 10.1 Å². The predicted molar refractivity (Wildman–Crippen MR) is 79.7 cm³/mol. The molecule has 0 amide bonds. The van der Waals surface area contributed by atoms with Gasteiger partial charge in [-0.3, -0.25) is 0 Å². The van der Waals surface area contributed by atoms with Crippen LogP contribution >= 0.6 is 0 Å². The van der Waals surface area contributed by atoms with Crippen molar-refractivity contribution < 1.29 is 4.74 Å². The molecule has 4 rings (SSSR count). The predicted octanol–water partition coefficient (Wildman–Crippen LogP) is 2.65. The number of benzene rings is 1. The van der Waals surface area contributed by atoms with Gasteiger partial charge in [-0.05, 0) is 25.0 Å². The fourth-order valence-electron chi connectivity index (χ4n) is 2.11. The molecule has 1 fully saturated rings. The third-order valence-electron chi connectivity index (χ3n) is 3.36. The lowest BCUT2D eigenvalue weighted by Crippen LogP contribution is -2.04. The molecule has 1 aliphatic carbocycles. The van der Waals surface area contributed by atoms with E-state index in [1.807, 2.05) is 41.9 Å². The normalized spacial score (nSPS) is 14.3. The molecule has 0 spiro atoms. The van der Waals surface area contributed by atoms with Crippen LogP contribution in [0.5, 0.6) is 5.88 Å². The minimum absolute atomic E-state index is 0.273. The molecule has 0 bridgehead atoms. The largest absolute Gasteiger partial charge is 0.473 e. The summed E-state index contributed by atoms with van der Waals surface area (Å²) in [5.74, 6) is 1.08. The van der Waals surface area contributed by atoms with Crippen molar-refractivity contribution in [2.45, 2.75) is 18.9 Å². The van der Waals surface area contributed by atoms with Crippen molar-refractivity contribution >= 4 is 22.8 Å². The molecular formula is C15H15N5O. The number of nitrogens with one attached hydrogen (secondary N) is 1. The molecule has 0 unspecified atom stereocenters. The maximum absolute atomic E-state index is 5.86. The molecule has 1 aliphatic rings. The molecule has 106 valence electrons. The molecule has 1 N–H and O–H groups in total. The van der Waals surface area contributed by atoms with Crippen LogP contribution in [0.3, 0.4) is 0 Å². The van der Waals surface area contributed by atoms with Gasteiger partial charge in [0.2, 0.25) is 11.8 Å². The standard InChI is InChI=1S/C15H15N5O/c1-20-9-16-12-13(20)18-15(17-10-5-3-2-4-6-10)19-14(12)21-11-7-8-11/h2-6,9,11H,7-8H2,1H3,(H,17,18,19). The van der Waals surface area contributed by atoms with Crippen molar-refractivity contribution in [3.63, 3.8) is 0 Å². The maximum atomic E-state index is 5.86. The van der Waals surface area contributed by atoms with Crippen molar-refractivity contribution in [2.75, 3.05) is 5.32 Å². The number of nitrogens with zero attached hydrogens (tertiary/aromatic N) is 4. The van der Waals surface area contributed by atoms with Gasteiger partial charge in [0, 0.05) is 12.7 Å². The molecule has 2 heterocycles. The molecule has 6 heteroatoms. The lowest BCUT2D eigenvalue weighted by molar-refractivity contribution is 0.294. The van der Waals surface area contributed by atoms with Crippen LogP contribution in [0.2, 0.25) is 0 Å². The Labute approximate surface area is 121 Å². The Morgan fingerprint density at radius 1 is 1.19 bits per heavy atom. The zero-order chi connectivity index (χ0) is 14.2. The van der Waals surface area contributed by atoms with Crippen LogP contribution in [0.1, 0.15) is 12.8 Å². The number of ether oxygens (including phenoxy) is 1. The fraction of sp³-hybridized carbons (Fsp3) is 0.267. The highest BCUT2D eigenvalue weighted by atomic mass is 16.5. The van der Waals surface area contributed by atoms with Gasteiger partial charge in [-0.2, -0.15) is 9.97 Å². The monoisotopic (exact) mass is 281 g/mol. The molecular weight excluding hydrogens is 266 g/mol. The second kappa shape index (κ2) is 4.73. The molecule has 1 saturated carbocycles. The van der Waals surface area contributed by atoms with Gasteiger partial charge in [0.15, 0.2) is 11.2 Å². The first-order valence-corrected chi connectivity index (χ1v) is 6.97. The molecule has 21 heavy (non-hydrogen) atoms. The van der Waals surface area contributed by atoms with Crippen molar-refractivity contribution in [1.82, 2.24) is 19.5 Å². The van der Waals surface area contributed by atoms with Gasteiger partial charge < -0.3 is 14.6 Å². The minimum atomic E-state index is 0.273. The molecule has 3 aromatic rings. The molecule has 0 saturated heterocycles. The minimum Gasteiger partial charge on any atom is -0.473 e. The van der Waals surface area contributed by atoms with E-state index in [1.165, 1.54) is 0 Å². The van der Waals surface area contributed by atoms with Crippen molar-refractivity contribution in [3.05, 3.63) is 36.7 Å². The lowest BCUT2D eigenvalue weighted by atomic mass is 10.3. The Kier molecular flexibility index (Phi) is 2.73. The van der Waals surface area contributed by atoms with Gasteiger partial charge in [0.05, 0.1) is 6.33 Å². The van der Waals surface area contributed by atoms with Gasteiger partial charge in [-0.25, -0.2) is 4.98 Å². The molecule has 0 aliphatic heterocycles. The van der Waals surface area contributed by atoms with E-state index in [9.17, 15) is 0 Å². The van der Waals surface area contributed by atoms with Crippen molar-refractivity contribution in [2.24, 2.45) is 7.05 Å². The number of aromatic nitrogens is 4. The Morgan fingerprint density at radius 2 is 2.00 bits per heavy atom. The highest BCUT2D eigenvalue weighted by molar-refractivity contribution is 5.78. The van der Waals surface area contributed by atoms with Crippen LogP contribution in [0, 0.1) is 0 Å². The Bertz CT molecular complexity index is 779. The van der Waals surface area contributed by atoms with Gasteiger partial charge >= 0.3 is 0 Å². The average molecular weight is 281 g/mol. The number of para-hydroxylation sites is 1. The molecule has 1 aromatic carbocycles. The number of aryl methyl sites for hydroxylation is 1. The summed E-state index contributed by atoms with van der Waals surface area (Å²) in [6.45, 7) is 0. The molecule has 2 aromatic heterocycles. The smallest absolute Gasteiger partial charge is 0.247 e. The van der Waals surface area contributed by atoms with Gasteiger partial charge in [-0.15, -0.1) is 0 Å². The summed E-state index contributed by atoms with van der Waals surface area (Å²) in [5.41, 5.74) is 2.42. The topological polar surface area (TPSA) is 64.9 Å². The number of imidazole rings is 1. The van der Waals surface area contributed by atoms with E-state index in [4.69, 9.17) is 4.74 Å². The van der Waals surface area contributed by atoms with Gasteiger partial charge in [0.25, 0.3) is 0 Å². The molecule has 0 radical (unpaired) electrons. The maximum Gasteiger partial charge on any atom is 0.247 e. The first kappa shape index (κ1) is 12.1. The van der Waals surface area contributed by atoms with E-state index in [2.05, 4.69) is 20.3 Å². The van der Waals surface area contributed by atoms with Crippen molar-refractivity contribution in [3.8, 4) is 5.88 Å². The quantitative estimate of drug-likeness (QED) is 0.796. The summed E-state index contributed by atoms with van der Waals surface area (Å²) in [6.07, 6.45) is 4.17. The van der Waals surface area contributed by atoms with E-state index >= 15 is 0 Å². The summed E-state index contributed by atoms with van der Waals surface area (Å²) in [5, 5.41) is 3.20.